The molecule has 1 aromatic heterocycles. The maximum atomic E-state index is 6.06. The molecule has 2 rings (SSSR count). The van der Waals surface area contributed by atoms with Gasteiger partial charge in [-0.3, -0.25) is 0 Å². The summed E-state index contributed by atoms with van der Waals surface area (Å²) in [6.45, 7) is 7.39. The minimum Gasteiger partial charge on any atom is -0.379 e. The van der Waals surface area contributed by atoms with E-state index in [1.165, 1.54) is 0 Å². The molecule has 0 aromatic carbocycles. The van der Waals surface area contributed by atoms with Crippen molar-refractivity contribution in [1.29, 1.82) is 0 Å². The molecule has 0 amide bonds. The molecule has 0 saturated carbocycles. The van der Waals surface area contributed by atoms with Crippen molar-refractivity contribution in [2.24, 2.45) is 0 Å². The van der Waals surface area contributed by atoms with E-state index in [1.54, 1.807) is 0 Å². The van der Waals surface area contributed by atoms with E-state index in [0.29, 0.717) is 17.6 Å². The van der Waals surface area contributed by atoms with Gasteiger partial charge in [-0.15, -0.1) is 0 Å². The number of nitrogens with zero attached hydrogens (tertiary/aromatic N) is 2. The number of halogens is 1. The third kappa shape index (κ3) is 2.28. The molecular formula is C11H16ClN3O. The first-order valence-corrected chi connectivity index (χ1v) is 5.75. The van der Waals surface area contributed by atoms with Gasteiger partial charge in [-0.05, 0) is 27.2 Å². The second-order valence-electron chi connectivity index (χ2n) is 4.52. The number of hydrogen-bond donors (Lipinski definition) is 1. The zero-order chi connectivity index (χ0) is 11.8. The number of rotatable bonds is 2. The Labute approximate surface area is 100 Å². The van der Waals surface area contributed by atoms with E-state index >= 15 is 0 Å². The Kier molecular flexibility index (Phi) is 3.04. The summed E-state index contributed by atoms with van der Waals surface area (Å²) >= 11 is 6.06. The summed E-state index contributed by atoms with van der Waals surface area (Å²) in [5, 5.41) is 3.75. The van der Waals surface area contributed by atoms with Gasteiger partial charge < -0.3 is 10.1 Å². The lowest BCUT2D eigenvalue weighted by molar-refractivity contribution is 0.185. The minimum atomic E-state index is -0.0833. The van der Waals surface area contributed by atoms with Crippen molar-refractivity contribution in [3.8, 4) is 0 Å². The van der Waals surface area contributed by atoms with Crippen molar-refractivity contribution < 1.29 is 4.74 Å². The Morgan fingerprint density at radius 3 is 2.62 bits per heavy atom. The van der Waals surface area contributed by atoms with Crippen LogP contribution in [0.5, 0.6) is 0 Å². The topological polar surface area (TPSA) is 47.0 Å². The van der Waals surface area contributed by atoms with E-state index in [9.17, 15) is 0 Å². The minimum absolute atomic E-state index is 0.0833. The fourth-order valence-corrected chi connectivity index (χ4v) is 1.92. The van der Waals surface area contributed by atoms with E-state index in [4.69, 9.17) is 16.3 Å². The summed E-state index contributed by atoms with van der Waals surface area (Å²) in [7, 11) is 0. The molecule has 2 heterocycles. The highest BCUT2D eigenvalue weighted by Gasteiger charge is 2.30. The molecule has 1 aliphatic rings. The number of aryl methyl sites for hydroxylation is 2. The van der Waals surface area contributed by atoms with Crippen molar-refractivity contribution in [2.75, 3.05) is 18.5 Å². The van der Waals surface area contributed by atoms with Crippen LogP contribution < -0.4 is 5.32 Å². The smallest absolute Gasteiger partial charge is 0.171 e. The van der Waals surface area contributed by atoms with E-state index in [0.717, 1.165) is 24.4 Å². The van der Waals surface area contributed by atoms with Crippen LogP contribution in [0, 0.1) is 13.8 Å². The third-order valence-electron chi connectivity index (χ3n) is 2.90. The van der Waals surface area contributed by atoms with Crippen LogP contribution in [0.1, 0.15) is 24.7 Å². The average Bonchev–Trinajstić information content (AvgIpc) is 2.62. The summed E-state index contributed by atoms with van der Waals surface area (Å²) in [4.78, 5) is 8.67. The highest BCUT2D eigenvalue weighted by molar-refractivity contribution is 6.31. The Morgan fingerprint density at radius 2 is 2.00 bits per heavy atom. The van der Waals surface area contributed by atoms with Gasteiger partial charge in [-0.2, -0.15) is 0 Å². The first-order chi connectivity index (χ1) is 7.50. The predicted octanol–water partition coefficient (Wildman–Crippen LogP) is 2.34. The van der Waals surface area contributed by atoms with Crippen LogP contribution in [0.3, 0.4) is 0 Å². The lowest BCUT2D eigenvalue weighted by Crippen LogP contribution is -2.35. The monoisotopic (exact) mass is 241 g/mol. The van der Waals surface area contributed by atoms with Crippen LogP contribution in [-0.2, 0) is 4.74 Å². The molecule has 1 saturated heterocycles. The largest absolute Gasteiger partial charge is 0.379 e. The Hall–Kier alpha value is -0.870. The Morgan fingerprint density at radius 1 is 1.31 bits per heavy atom. The lowest BCUT2D eigenvalue weighted by atomic mass is 10.0. The lowest BCUT2D eigenvalue weighted by Gasteiger charge is -2.24. The first kappa shape index (κ1) is 11.6. The van der Waals surface area contributed by atoms with Gasteiger partial charge in [-0.1, -0.05) is 11.6 Å². The average molecular weight is 242 g/mol. The quantitative estimate of drug-likeness (QED) is 0.864. The zero-order valence-electron chi connectivity index (χ0n) is 9.80. The standard InChI is InChI=1S/C11H16ClN3O/c1-7-8(2)14-10(9(12)13-7)15-11(3)4-5-16-6-11/h4-6H2,1-3H3,(H,14,15). The molecule has 0 bridgehead atoms. The number of hydrogen-bond acceptors (Lipinski definition) is 4. The van der Waals surface area contributed by atoms with Crippen molar-refractivity contribution in [1.82, 2.24) is 9.97 Å². The van der Waals surface area contributed by atoms with Crippen LogP contribution in [-0.4, -0.2) is 28.7 Å². The second-order valence-corrected chi connectivity index (χ2v) is 4.88. The molecule has 5 heteroatoms. The van der Waals surface area contributed by atoms with Crippen LogP contribution in [0.4, 0.5) is 5.82 Å². The van der Waals surface area contributed by atoms with Gasteiger partial charge in [-0.25, -0.2) is 9.97 Å². The van der Waals surface area contributed by atoms with E-state index in [-0.39, 0.29) is 5.54 Å². The molecular weight excluding hydrogens is 226 g/mol. The first-order valence-electron chi connectivity index (χ1n) is 5.37. The summed E-state index contributed by atoms with van der Waals surface area (Å²) in [6.07, 6.45) is 0.956. The fraction of sp³-hybridized carbons (Fsp3) is 0.636. The van der Waals surface area contributed by atoms with Gasteiger partial charge in [0.2, 0.25) is 0 Å². The molecule has 16 heavy (non-hydrogen) atoms. The number of nitrogens with one attached hydrogen (secondary N) is 1. The number of aromatic nitrogens is 2. The SMILES string of the molecule is Cc1nc(Cl)c(NC2(C)CCOC2)nc1C. The van der Waals surface area contributed by atoms with Crippen molar-refractivity contribution in [3.63, 3.8) is 0 Å². The molecule has 4 nitrogen and oxygen atoms in total. The van der Waals surface area contributed by atoms with E-state index < -0.39 is 0 Å². The molecule has 0 spiro atoms. The van der Waals surface area contributed by atoms with Gasteiger partial charge in [0.25, 0.3) is 0 Å². The Balaban J connectivity index is 2.24. The predicted molar refractivity (Wildman–Crippen MR) is 64.0 cm³/mol. The molecule has 1 fully saturated rings. The molecule has 1 aliphatic heterocycles. The van der Waals surface area contributed by atoms with Gasteiger partial charge in [0.15, 0.2) is 11.0 Å². The third-order valence-corrected chi connectivity index (χ3v) is 3.17. The van der Waals surface area contributed by atoms with Gasteiger partial charge in [0.05, 0.1) is 23.5 Å². The molecule has 88 valence electrons. The summed E-state index contributed by atoms with van der Waals surface area (Å²) in [5.41, 5.74) is 1.68. The molecule has 0 aliphatic carbocycles. The molecule has 1 atom stereocenters. The number of anilines is 1. The normalized spacial score (nSPS) is 24.8. The van der Waals surface area contributed by atoms with Crippen molar-refractivity contribution in [3.05, 3.63) is 16.5 Å². The van der Waals surface area contributed by atoms with Crippen LogP contribution >= 0.6 is 11.6 Å². The maximum absolute atomic E-state index is 6.06. The van der Waals surface area contributed by atoms with Gasteiger partial charge >= 0.3 is 0 Å². The highest BCUT2D eigenvalue weighted by Crippen LogP contribution is 2.26. The highest BCUT2D eigenvalue weighted by atomic mass is 35.5. The summed E-state index contributed by atoms with van der Waals surface area (Å²) < 4.78 is 5.37. The van der Waals surface area contributed by atoms with Crippen LogP contribution in [0.15, 0.2) is 0 Å². The second kappa shape index (κ2) is 4.18. The van der Waals surface area contributed by atoms with E-state index in [2.05, 4.69) is 22.2 Å². The molecule has 1 N–H and O–H groups in total. The van der Waals surface area contributed by atoms with Gasteiger partial charge in [0, 0.05) is 6.61 Å². The van der Waals surface area contributed by atoms with Gasteiger partial charge in [0.1, 0.15) is 0 Å². The van der Waals surface area contributed by atoms with E-state index in [1.807, 2.05) is 13.8 Å². The fourth-order valence-electron chi connectivity index (χ4n) is 1.71. The van der Waals surface area contributed by atoms with Crippen molar-refractivity contribution >= 4 is 17.4 Å². The molecule has 1 aromatic rings. The van der Waals surface area contributed by atoms with Crippen molar-refractivity contribution in [2.45, 2.75) is 32.7 Å². The van der Waals surface area contributed by atoms with Crippen LogP contribution in [0.25, 0.3) is 0 Å². The molecule has 0 radical (unpaired) electrons. The zero-order valence-corrected chi connectivity index (χ0v) is 10.6. The Bertz CT molecular complexity index is 402. The summed E-state index contributed by atoms with van der Waals surface area (Å²) in [5.74, 6) is 0.651. The molecule has 1 unspecified atom stereocenters. The maximum Gasteiger partial charge on any atom is 0.171 e. The summed E-state index contributed by atoms with van der Waals surface area (Å²) in [6, 6.07) is 0. The number of ether oxygens (including phenoxy) is 1. The van der Waals surface area contributed by atoms with Crippen LogP contribution in [0.2, 0.25) is 5.15 Å².